The van der Waals surface area contributed by atoms with Crippen LogP contribution in [0.4, 0.5) is 0 Å². The molecule has 0 aliphatic rings. The number of phenols is 1. The Morgan fingerprint density at radius 2 is 1.50 bits per heavy atom. The Morgan fingerprint density at radius 3 is 2.02 bits per heavy atom. The smallest absolute Gasteiger partial charge is 0.329 e. The maximum atomic E-state index is 13.0. The third-order valence-electron chi connectivity index (χ3n) is 5.35. The number of carbonyl (C=O) groups is 3. The van der Waals surface area contributed by atoms with Crippen LogP contribution in [0.1, 0.15) is 85.3 Å². The third-order valence-corrected chi connectivity index (χ3v) is 6.53. The second-order valence-electron chi connectivity index (χ2n) is 11.8. The van der Waals surface area contributed by atoms with Crippen molar-refractivity contribution in [2.45, 2.75) is 97.8 Å². The zero-order chi connectivity index (χ0) is 30.4. The number of halogens is 2. The number of ether oxygens (including phenoxy) is 3. The Morgan fingerprint density at radius 1 is 0.925 bits per heavy atom. The largest absolute Gasteiger partial charge is 0.508 e. The fourth-order valence-corrected chi connectivity index (χ4v) is 5.14. The van der Waals surface area contributed by atoms with Crippen LogP contribution >= 0.6 is 31.9 Å². The van der Waals surface area contributed by atoms with Crippen molar-refractivity contribution in [3.63, 3.8) is 0 Å². The van der Waals surface area contributed by atoms with E-state index in [1.54, 1.807) is 71.9 Å². The van der Waals surface area contributed by atoms with Gasteiger partial charge in [0.1, 0.15) is 28.7 Å². The van der Waals surface area contributed by atoms with E-state index in [4.69, 9.17) is 14.2 Å². The van der Waals surface area contributed by atoms with Gasteiger partial charge in [-0.25, -0.2) is 4.79 Å². The van der Waals surface area contributed by atoms with Gasteiger partial charge in [0.2, 0.25) is 5.91 Å². The lowest BCUT2D eigenvalue weighted by Crippen LogP contribution is -2.45. The van der Waals surface area contributed by atoms with Gasteiger partial charge >= 0.3 is 11.9 Å². The molecule has 0 radical (unpaired) electrons. The molecule has 1 amide bonds. The molecule has 0 bridgehead atoms. The fraction of sp³-hybridized carbons (Fsp3) is 0.500. The van der Waals surface area contributed by atoms with E-state index >= 15 is 0 Å². The molecule has 40 heavy (non-hydrogen) atoms. The minimum absolute atomic E-state index is 0.0279. The van der Waals surface area contributed by atoms with E-state index < -0.39 is 35.1 Å². The molecule has 2 aromatic carbocycles. The molecule has 0 saturated carbocycles. The van der Waals surface area contributed by atoms with Crippen LogP contribution in [0.15, 0.2) is 39.3 Å². The van der Waals surface area contributed by atoms with Crippen molar-refractivity contribution in [2.75, 3.05) is 0 Å². The lowest BCUT2D eigenvalue weighted by molar-refractivity contribution is -0.160. The Bertz CT molecular complexity index is 1210. The van der Waals surface area contributed by atoms with Crippen molar-refractivity contribution in [1.82, 2.24) is 5.32 Å². The summed E-state index contributed by atoms with van der Waals surface area (Å²) in [6.45, 7) is 14.5. The predicted octanol–water partition coefficient (Wildman–Crippen LogP) is 7.32. The average molecular weight is 685 g/mol. The Balaban J connectivity index is 2.15. The van der Waals surface area contributed by atoms with Gasteiger partial charge in [-0.2, -0.15) is 0 Å². The molecule has 0 aliphatic carbocycles. The van der Waals surface area contributed by atoms with Gasteiger partial charge in [0.05, 0.1) is 15.4 Å². The minimum Gasteiger partial charge on any atom is -0.508 e. The number of aromatic hydroxyl groups is 1. The number of nitrogens with one attached hydrogen (secondary N) is 1. The highest BCUT2D eigenvalue weighted by atomic mass is 79.9. The highest BCUT2D eigenvalue weighted by Gasteiger charge is 2.28. The first-order valence-electron chi connectivity index (χ1n) is 13.1. The van der Waals surface area contributed by atoms with Crippen LogP contribution in [0.3, 0.4) is 0 Å². The van der Waals surface area contributed by atoms with E-state index in [0.717, 1.165) is 5.56 Å². The van der Waals surface area contributed by atoms with E-state index in [1.807, 2.05) is 13.8 Å². The van der Waals surface area contributed by atoms with Gasteiger partial charge in [-0.3, -0.25) is 9.59 Å². The molecule has 0 unspecified atom stereocenters. The molecule has 0 aliphatic heterocycles. The average Bonchev–Trinajstić information content (AvgIpc) is 2.77. The minimum atomic E-state index is -1.02. The first kappa shape index (κ1) is 33.6. The summed E-state index contributed by atoms with van der Waals surface area (Å²) in [5.74, 6) is -0.111. The van der Waals surface area contributed by atoms with Crippen LogP contribution < -0.4 is 10.1 Å². The summed E-state index contributed by atoms with van der Waals surface area (Å²) < 4.78 is 18.1. The molecule has 8 nitrogen and oxygen atoms in total. The topological polar surface area (TPSA) is 111 Å². The first-order chi connectivity index (χ1) is 18.3. The fourth-order valence-electron chi connectivity index (χ4n) is 3.70. The van der Waals surface area contributed by atoms with Crippen molar-refractivity contribution < 1.29 is 33.7 Å². The normalized spacial score (nSPS) is 12.6. The van der Waals surface area contributed by atoms with Gasteiger partial charge in [0.25, 0.3) is 0 Å². The van der Waals surface area contributed by atoms with E-state index in [0.29, 0.717) is 26.0 Å². The van der Waals surface area contributed by atoms with Crippen molar-refractivity contribution >= 4 is 49.7 Å². The Kier molecular flexibility index (Phi) is 11.6. The van der Waals surface area contributed by atoms with Gasteiger partial charge in [-0.15, -0.1) is 0 Å². The van der Waals surface area contributed by atoms with E-state index in [1.165, 1.54) is 0 Å². The number of hydrogen-bond donors (Lipinski definition) is 2. The third kappa shape index (κ3) is 11.1. The van der Waals surface area contributed by atoms with Crippen molar-refractivity contribution in [2.24, 2.45) is 0 Å². The molecule has 0 aromatic heterocycles. The molecule has 2 rings (SSSR count). The number of hydrogen-bond acceptors (Lipinski definition) is 7. The lowest BCUT2D eigenvalue weighted by atomic mass is 10.0. The summed E-state index contributed by atoms with van der Waals surface area (Å²) >= 11 is 7.03. The Hall–Kier alpha value is -2.59. The second kappa shape index (κ2) is 13.9. The molecule has 2 N–H and O–H groups in total. The number of rotatable bonds is 10. The van der Waals surface area contributed by atoms with Crippen LogP contribution in [-0.2, 0) is 30.3 Å². The van der Waals surface area contributed by atoms with Crippen LogP contribution in [0.25, 0.3) is 0 Å². The molecular weight excluding hydrogens is 646 g/mol. The molecule has 1 atom stereocenters. The summed E-state index contributed by atoms with van der Waals surface area (Å²) in [6, 6.07) is 7.55. The summed E-state index contributed by atoms with van der Waals surface area (Å²) in [5.41, 5.74) is 0.0130. The molecular formula is C30H39Br2NO7. The molecule has 0 spiro atoms. The predicted molar refractivity (Wildman–Crippen MR) is 161 cm³/mol. The summed E-state index contributed by atoms with van der Waals surface area (Å²) in [6.07, 6.45) is -0.0406. The van der Waals surface area contributed by atoms with Crippen molar-refractivity contribution in [3.05, 3.63) is 50.4 Å². The van der Waals surface area contributed by atoms with Gasteiger partial charge in [0, 0.05) is 12.0 Å². The molecule has 10 heteroatoms. The molecule has 0 saturated heterocycles. The monoisotopic (exact) mass is 683 g/mol. The van der Waals surface area contributed by atoms with Gasteiger partial charge in [-0.1, -0.05) is 13.8 Å². The standard InChI is InChI=1S/C30H39Br2NO7/c1-17(2)20-16-19(9-11-24(20)34)38-27-21(31)13-18(14-22(27)32)15-25(35)33-23(28(37)40-30(6,7)8)10-12-26(36)39-29(3,4)5/h9,11,13-14,16-17,23,34H,10,12,15H2,1-8H3,(H,33,35)/t23-/m0/s1. The van der Waals surface area contributed by atoms with Gasteiger partial charge in [0.15, 0.2) is 5.75 Å². The zero-order valence-electron chi connectivity index (χ0n) is 24.3. The first-order valence-corrected chi connectivity index (χ1v) is 14.7. The number of phenolic OH excluding ortho intramolecular Hbond substituents is 1. The SMILES string of the molecule is CC(C)c1cc(Oc2c(Br)cc(CC(=O)N[C@@H](CCC(=O)OC(C)(C)C)C(=O)OC(C)(C)C)cc2Br)ccc1O. The van der Waals surface area contributed by atoms with Crippen molar-refractivity contribution in [1.29, 1.82) is 0 Å². The van der Waals surface area contributed by atoms with Crippen LogP contribution in [0.5, 0.6) is 17.2 Å². The molecule has 220 valence electrons. The van der Waals surface area contributed by atoms with Crippen LogP contribution in [0, 0.1) is 0 Å². The highest BCUT2D eigenvalue weighted by molar-refractivity contribution is 9.11. The maximum Gasteiger partial charge on any atom is 0.329 e. The van der Waals surface area contributed by atoms with Crippen molar-refractivity contribution in [3.8, 4) is 17.2 Å². The van der Waals surface area contributed by atoms with Gasteiger partial charge in [-0.05, 0) is 122 Å². The maximum absolute atomic E-state index is 13.0. The number of esters is 2. The zero-order valence-corrected chi connectivity index (χ0v) is 27.5. The van der Waals surface area contributed by atoms with Crippen LogP contribution in [0.2, 0.25) is 0 Å². The van der Waals surface area contributed by atoms with E-state index in [2.05, 4.69) is 37.2 Å². The number of amides is 1. The van der Waals surface area contributed by atoms with E-state index in [-0.39, 0.29) is 30.9 Å². The van der Waals surface area contributed by atoms with Gasteiger partial charge < -0.3 is 24.6 Å². The quantitative estimate of drug-likeness (QED) is 0.252. The molecule has 0 heterocycles. The lowest BCUT2D eigenvalue weighted by Gasteiger charge is -2.25. The van der Waals surface area contributed by atoms with Crippen LogP contribution in [-0.4, -0.2) is 40.2 Å². The summed E-state index contributed by atoms with van der Waals surface area (Å²) in [7, 11) is 0. The Labute approximate surface area is 253 Å². The molecule has 0 fully saturated rings. The van der Waals surface area contributed by atoms with E-state index in [9.17, 15) is 19.5 Å². The molecule has 2 aromatic rings. The summed E-state index contributed by atoms with van der Waals surface area (Å²) in [5, 5.41) is 12.8. The second-order valence-corrected chi connectivity index (χ2v) is 13.5. The number of carbonyl (C=O) groups excluding carboxylic acids is 3. The number of benzene rings is 2. The summed E-state index contributed by atoms with van der Waals surface area (Å²) in [4.78, 5) is 38.0. The highest BCUT2D eigenvalue weighted by Crippen LogP contribution is 2.39.